The molecule has 0 aliphatic heterocycles. The predicted octanol–water partition coefficient (Wildman–Crippen LogP) is 10.7. The van der Waals surface area contributed by atoms with E-state index in [1.807, 2.05) is 54.6 Å². The van der Waals surface area contributed by atoms with E-state index in [1.165, 1.54) is 29.4 Å². The summed E-state index contributed by atoms with van der Waals surface area (Å²) in [6.45, 7) is 4.48. The van der Waals surface area contributed by atoms with Gasteiger partial charge in [0.2, 0.25) is 0 Å². The topological polar surface area (TPSA) is 93.1 Å². The van der Waals surface area contributed by atoms with Crippen LogP contribution in [0.3, 0.4) is 0 Å². The second kappa shape index (κ2) is 18.8. The molecule has 6 nitrogen and oxygen atoms in total. The van der Waals surface area contributed by atoms with Crippen LogP contribution in [0.1, 0.15) is 43.0 Å². The molecule has 0 aliphatic carbocycles. The number of benzene rings is 6. The lowest BCUT2D eigenvalue weighted by molar-refractivity contribution is 0.0599. The molecule has 0 saturated carbocycles. The number of aryl methyl sites for hydroxylation is 2. The smallest absolute Gasteiger partial charge is 0.337 e. The van der Waals surface area contributed by atoms with E-state index >= 15 is 0 Å². The van der Waals surface area contributed by atoms with Gasteiger partial charge >= 0.3 is 11.9 Å². The number of hydrogen-bond donors (Lipinski definition) is 2. The zero-order valence-electron chi connectivity index (χ0n) is 28.2. The molecule has 0 heterocycles. The van der Waals surface area contributed by atoms with Gasteiger partial charge in [-0.3, -0.25) is 0 Å². The quantitative estimate of drug-likeness (QED) is 0.120. The summed E-state index contributed by atoms with van der Waals surface area (Å²) in [5.41, 5.74) is 9.86. The molecular weight excluding hydrogens is 692 g/mol. The maximum atomic E-state index is 11.0. The first-order valence-corrected chi connectivity index (χ1v) is 17.0. The van der Waals surface area contributed by atoms with Gasteiger partial charge in [0.1, 0.15) is 18.1 Å². The number of hydrogen-bond acceptors (Lipinski definition) is 5. The Morgan fingerprint density at radius 2 is 1.04 bits per heavy atom. The van der Waals surface area contributed by atoms with Crippen molar-refractivity contribution in [2.24, 2.45) is 0 Å². The van der Waals surface area contributed by atoms with Gasteiger partial charge in [0.15, 0.2) is 0 Å². The molecule has 50 heavy (non-hydrogen) atoms. The fourth-order valence-corrected chi connectivity index (χ4v) is 5.10. The lowest BCUT2D eigenvalue weighted by Crippen LogP contribution is -2.00. The third-order valence-corrected chi connectivity index (χ3v) is 8.22. The Kier molecular flexibility index (Phi) is 14.0. The van der Waals surface area contributed by atoms with Gasteiger partial charge in [0.05, 0.1) is 18.2 Å². The molecule has 0 aromatic heterocycles. The van der Waals surface area contributed by atoms with Crippen molar-refractivity contribution in [3.63, 3.8) is 0 Å². The third-order valence-electron chi connectivity index (χ3n) is 7.57. The van der Waals surface area contributed by atoms with E-state index < -0.39 is 5.97 Å². The highest BCUT2D eigenvalue weighted by Gasteiger charge is 2.05. The molecule has 6 aromatic rings. The average molecular weight is 732 g/mol. The van der Waals surface area contributed by atoms with Gasteiger partial charge in [-0.15, -0.1) is 0 Å². The number of phenolic OH excluding ortho intramolecular Hbond substituents is 1. The van der Waals surface area contributed by atoms with E-state index in [4.69, 9.17) is 14.9 Å². The number of rotatable bonds is 8. The van der Waals surface area contributed by atoms with E-state index in [0.29, 0.717) is 17.9 Å². The Hall–Kier alpha value is -5.66. The van der Waals surface area contributed by atoms with Crippen LogP contribution in [-0.4, -0.2) is 29.3 Å². The number of alkyl halides is 1. The van der Waals surface area contributed by atoms with Crippen LogP contribution in [0, 0.1) is 13.8 Å². The van der Waals surface area contributed by atoms with Crippen molar-refractivity contribution in [1.29, 1.82) is 0 Å². The van der Waals surface area contributed by atoms with Gasteiger partial charge in [0.25, 0.3) is 0 Å². The number of methoxy groups -OCH3 is 1. The molecule has 7 heteroatoms. The van der Waals surface area contributed by atoms with Gasteiger partial charge < -0.3 is 19.7 Å². The molecule has 0 saturated heterocycles. The van der Waals surface area contributed by atoms with Crippen LogP contribution < -0.4 is 4.74 Å². The Bertz CT molecular complexity index is 1920. The first-order chi connectivity index (χ1) is 24.1. The van der Waals surface area contributed by atoms with Crippen LogP contribution in [0.5, 0.6) is 11.5 Å². The Labute approximate surface area is 301 Å². The number of carboxylic acid groups (broad SMARTS) is 1. The summed E-state index contributed by atoms with van der Waals surface area (Å²) in [7, 11) is 1.38. The Morgan fingerprint density at radius 1 is 0.600 bits per heavy atom. The summed E-state index contributed by atoms with van der Waals surface area (Å²) < 4.78 is 10.3. The van der Waals surface area contributed by atoms with Gasteiger partial charge in [-0.2, -0.15) is 0 Å². The predicted molar refractivity (Wildman–Crippen MR) is 203 cm³/mol. The van der Waals surface area contributed by atoms with E-state index in [-0.39, 0.29) is 11.5 Å². The SMILES string of the molecule is COC(=O)c1cccc(CBr)c1.Cc1ccc(-c2ccc(O)cc2)cc1.Cc1ccc(-c2ccc(OCc3cccc(C(=O)O)c3)cc2)cc1. The minimum absolute atomic E-state index is 0.269. The lowest BCUT2D eigenvalue weighted by Gasteiger charge is -2.08. The zero-order valence-corrected chi connectivity index (χ0v) is 29.8. The van der Waals surface area contributed by atoms with Crippen molar-refractivity contribution in [3.05, 3.63) is 179 Å². The number of ether oxygens (including phenoxy) is 2. The van der Waals surface area contributed by atoms with E-state index in [0.717, 1.165) is 33.3 Å². The minimum Gasteiger partial charge on any atom is -0.508 e. The molecule has 6 aromatic carbocycles. The first kappa shape index (κ1) is 37.2. The summed E-state index contributed by atoms with van der Waals surface area (Å²) in [5.74, 6) is -0.162. The number of halogens is 1. The molecule has 2 N–H and O–H groups in total. The second-order valence-corrected chi connectivity index (χ2v) is 12.0. The number of carbonyl (C=O) groups excluding carboxylic acids is 1. The van der Waals surface area contributed by atoms with Gasteiger partial charge in [-0.1, -0.05) is 124 Å². The molecule has 6 rings (SSSR count). The van der Waals surface area contributed by atoms with Crippen LogP contribution in [0.25, 0.3) is 22.3 Å². The zero-order chi connectivity index (χ0) is 35.9. The molecule has 0 unspecified atom stereocenters. The summed E-state index contributed by atoms with van der Waals surface area (Å²) >= 11 is 3.31. The lowest BCUT2D eigenvalue weighted by atomic mass is 10.0. The number of aromatic hydroxyl groups is 1. The number of phenols is 1. The van der Waals surface area contributed by atoms with Crippen LogP contribution in [0.2, 0.25) is 0 Å². The molecule has 0 radical (unpaired) electrons. The normalized spacial score (nSPS) is 10.1. The third kappa shape index (κ3) is 11.5. The fraction of sp³-hybridized carbons (Fsp3) is 0.116. The fourth-order valence-electron chi connectivity index (χ4n) is 4.75. The van der Waals surface area contributed by atoms with Gasteiger partial charge in [-0.25, -0.2) is 9.59 Å². The first-order valence-electron chi connectivity index (χ1n) is 15.9. The number of carbonyl (C=O) groups is 2. The second-order valence-electron chi connectivity index (χ2n) is 11.4. The van der Waals surface area contributed by atoms with Crippen molar-refractivity contribution >= 4 is 27.9 Å². The maximum absolute atomic E-state index is 11.0. The number of carboxylic acids is 1. The van der Waals surface area contributed by atoms with Crippen molar-refractivity contribution in [1.82, 2.24) is 0 Å². The summed E-state index contributed by atoms with van der Waals surface area (Å²) in [6, 6.07) is 46.0. The molecule has 0 amide bonds. The maximum Gasteiger partial charge on any atom is 0.337 e. The van der Waals surface area contributed by atoms with E-state index in [1.54, 1.807) is 42.5 Å². The molecular formula is C43H39BrO6. The Balaban J connectivity index is 0.000000184. The van der Waals surface area contributed by atoms with Gasteiger partial charge in [0, 0.05) is 5.33 Å². The summed E-state index contributed by atoms with van der Waals surface area (Å²) in [4.78, 5) is 22.0. The average Bonchev–Trinajstić information content (AvgIpc) is 3.15. The van der Waals surface area contributed by atoms with Crippen molar-refractivity contribution in [3.8, 4) is 33.8 Å². The van der Waals surface area contributed by atoms with Crippen LogP contribution in [0.15, 0.2) is 146 Å². The summed E-state index contributed by atoms with van der Waals surface area (Å²) in [6.07, 6.45) is 0. The molecule has 0 bridgehead atoms. The van der Waals surface area contributed by atoms with Crippen molar-refractivity contribution in [2.75, 3.05) is 7.11 Å². The molecule has 254 valence electrons. The largest absolute Gasteiger partial charge is 0.508 e. The highest BCUT2D eigenvalue weighted by molar-refractivity contribution is 9.08. The molecule has 0 fully saturated rings. The highest BCUT2D eigenvalue weighted by Crippen LogP contribution is 2.24. The standard InChI is InChI=1S/C21H18O3.C13H12O.C9H9BrO2/c1-15-5-7-17(8-6-15)18-9-11-20(12-10-18)24-14-16-3-2-4-19(13-16)21(22)23;1-10-2-4-11(5-3-10)12-6-8-13(14)9-7-12;1-12-9(11)8-4-2-3-7(5-8)6-10/h2-13H,14H2,1H3,(H,22,23);2-9,14H,1H3;2-5H,6H2,1H3. The number of aromatic carboxylic acids is 1. The monoisotopic (exact) mass is 730 g/mol. The number of esters is 1. The Morgan fingerprint density at radius 3 is 1.52 bits per heavy atom. The summed E-state index contributed by atoms with van der Waals surface area (Å²) in [5, 5.41) is 18.9. The van der Waals surface area contributed by atoms with Crippen molar-refractivity contribution in [2.45, 2.75) is 25.8 Å². The van der Waals surface area contributed by atoms with E-state index in [2.05, 4.69) is 83.0 Å². The van der Waals surface area contributed by atoms with Gasteiger partial charge in [-0.05, 0) is 95.8 Å². The van der Waals surface area contributed by atoms with E-state index in [9.17, 15) is 9.59 Å². The van der Waals surface area contributed by atoms with Crippen LogP contribution >= 0.6 is 15.9 Å². The molecule has 0 spiro atoms. The van der Waals surface area contributed by atoms with Crippen LogP contribution in [-0.2, 0) is 16.7 Å². The molecule has 0 atom stereocenters. The van der Waals surface area contributed by atoms with Crippen molar-refractivity contribution < 1.29 is 29.3 Å². The van der Waals surface area contributed by atoms with Crippen LogP contribution in [0.4, 0.5) is 0 Å². The highest BCUT2D eigenvalue weighted by atomic mass is 79.9. The minimum atomic E-state index is -0.931. The molecule has 0 aliphatic rings.